The predicted octanol–water partition coefficient (Wildman–Crippen LogP) is 3.12. The van der Waals surface area contributed by atoms with Gasteiger partial charge in [-0.25, -0.2) is 4.79 Å². The molecule has 0 aliphatic rings. The Labute approximate surface area is 127 Å². The van der Waals surface area contributed by atoms with Gasteiger partial charge in [0.05, 0.1) is 0 Å². The van der Waals surface area contributed by atoms with Crippen molar-refractivity contribution < 1.29 is 9.53 Å². The van der Waals surface area contributed by atoms with E-state index in [2.05, 4.69) is 23.5 Å². The van der Waals surface area contributed by atoms with Gasteiger partial charge in [-0.05, 0) is 51.3 Å². The minimum Gasteiger partial charge on any atom is -0.444 e. The number of carbonyl (C=O) groups excluding carboxylic acids is 1. The molecule has 0 spiro atoms. The number of nitrogens with one attached hydrogen (secondary N) is 1. The first kappa shape index (κ1) is 17.2. The van der Waals surface area contributed by atoms with E-state index in [9.17, 15) is 4.79 Å². The molecule has 1 rings (SSSR count). The molecule has 0 fully saturated rings. The molecule has 0 saturated heterocycles. The van der Waals surface area contributed by atoms with Gasteiger partial charge in [-0.2, -0.15) is 0 Å². The first-order chi connectivity index (χ1) is 9.92. The summed E-state index contributed by atoms with van der Waals surface area (Å²) >= 11 is 0. The Bertz CT molecular complexity index is 476. The number of alkyl carbamates (subject to hydrolysis) is 1. The Balaban J connectivity index is 2.37. The van der Waals surface area contributed by atoms with Crippen molar-refractivity contribution in [3.05, 3.63) is 41.5 Å². The third kappa shape index (κ3) is 7.51. The van der Waals surface area contributed by atoms with Crippen LogP contribution in [0.2, 0.25) is 0 Å². The van der Waals surface area contributed by atoms with Crippen molar-refractivity contribution in [1.82, 2.24) is 5.32 Å². The molecule has 3 N–H and O–H groups in total. The van der Waals surface area contributed by atoms with Gasteiger partial charge in [-0.3, -0.25) is 0 Å². The fraction of sp³-hybridized carbons (Fsp3) is 0.471. The van der Waals surface area contributed by atoms with Gasteiger partial charge in [0.15, 0.2) is 0 Å². The van der Waals surface area contributed by atoms with Crippen molar-refractivity contribution in [2.45, 2.75) is 39.2 Å². The number of ether oxygens (including phenoxy) is 1. The number of amides is 1. The predicted molar refractivity (Wildman–Crippen MR) is 87.1 cm³/mol. The SMILES string of the molecule is CC(C)(C)OC(=O)NCCC=Cc1ccccc1CCN. The third-order valence-electron chi connectivity index (χ3n) is 2.75. The number of rotatable bonds is 6. The second-order valence-corrected chi connectivity index (χ2v) is 5.86. The molecule has 1 amide bonds. The number of hydrogen-bond donors (Lipinski definition) is 2. The van der Waals surface area contributed by atoms with Crippen LogP contribution in [0.15, 0.2) is 30.3 Å². The summed E-state index contributed by atoms with van der Waals surface area (Å²) < 4.78 is 5.17. The van der Waals surface area contributed by atoms with E-state index in [0.29, 0.717) is 13.1 Å². The molecule has 4 nitrogen and oxygen atoms in total. The van der Waals surface area contributed by atoms with Crippen molar-refractivity contribution in [2.24, 2.45) is 5.73 Å². The molecule has 0 aliphatic carbocycles. The van der Waals surface area contributed by atoms with Crippen molar-refractivity contribution >= 4 is 12.2 Å². The molecule has 0 aliphatic heterocycles. The van der Waals surface area contributed by atoms with Crippen LogP contribution in [0.3, 0.4) is 0 Å². The molecule has 4 heteroatoms. The molecule has 0 atom stereocenters. The highest BCUT2D eigenvalue weighted by molar-refractivity contribution is 5.67. The normalized spacial score (nSPS) is 11.6. The molecule has 116 valence electrons. The van der Waals surface area contributed by atoms with E-state index in [1.54, 1.807) is 0 Å². The van der Waals surface area contributed by atoms with Crippen molar-refractivity contribution in [1.29, 1.82) is 0 Å². The fourth-order valence-corrected chi connectivity index (χ4v) is 1.86. The van der Waals surface area contributed by atoms with Crippen LogP contribution in [0.1, 0.15) is 38.3 Å². The topological polar surface area (TPSA) is 64.3 Å². The summed E-state index contributed by atoms with van der Waals surface area (Å²) in [5.74, 6) is 0. The smallest absolute Gasteiger partial charge is 0.407 e. The lowest BCUT2D eigenvalue weighted by molar-refractivity contribution is 0.0529. The van der Waals surface area contributed by atoms with Gasteiger partial charge in [0.25, 0.3) is 0 Å². The summed E-state index contributed by atoms with van der Waals surface area (Å²) in [5, 5.41) is 2.73. The maximum Gasteiger partial charge on any atom is 0.407 e. The standard InChI is InChI=1S/C17H26N2O2/c1-17(2,3)21-16(20)19-13-7-6-10-14-8-4-5-9-15(14)11-12-18/h4-6,8-10H,7,11-13,18H2,1-3H3,(H,19,20). The third-order valence-corrected chi connectivity index (χ3v) is 2.75. The summed E-state index contributed by atoms with van der Waals surface area (Å²) in [6.45, 7) is 6.75. The Hall–Kier alpha value is -1.81. The number of nitrogens with two attached hydrogens (primary N) is 1. The lowest BCUT2D eigenvalue weighted by atomic mass is 10.0. The summed E-state index contributed by atoms with van der Waals surface area (Å²) in [6, 6.07) is 8.19. The van der Waals surface area contributed by atoms with E-state index in [0.717, 1.165) is 12.8 Å². The minimum absolute atomic E-state index is 0.376. The molecule has 1 aromatic carbocycles. The quantitative estimate of drug-likeness (QED) is 0.791. The fourth-order valence-electron chi connectivity index (χ4n) is 1.86. The lowest BCUT2D eigenvalue weighted by Crippen LogP contribution is -2.32. The van der Waals surface area contributed by atoms with Gasteiger partial charge in [0, 0.05) is 6.54 Å². The zero-order chi connectivity index (χ0) is 15.7. The summed E-state index contributed by atoms with van der Waals surface area (Å²) in [7, 11) is 0. The maximum atomic E-state index is 11.5. The second-order valence-electron chi connectivity index (χ2n) is 5.86. The first-order valence-corrected chi connectivity index (χ1v) is 7.34. The van der Waals surface area contributed by atoms with Gasteiger partial charge >= 0.3 is 6.09 Å². The Morgan fingerprint density at radius 1 is 1.33 bits per heavy atom. The van der Waals surface area contributed by atoms with Crippen LogP contribution >= 0.6 is 0 Å². The van der Waals surface area contributed by atoms with Crippen LogP contribution in [0.4, 0.5) is 4.79 Å². The van der Waals surface area contributed by atoms with Crippen LogP contribution in [0.25, 0.3) is 6.08 Å². The van der Waals surface area contributed by atoms with E-state index >= 15 is 0 Å². The van der Waals surface area contributed by atoms with Gasteiger partial charge in [0.1, 0.15) is 5.60 Å². The molecule has 0 bridgehead atoms. The molecule has 0 radical (unpaired) electrons. The van der Waals surface area contributed by atoms with Gasteiger partial charge in [-0.1, -0.05) is 36.4 Å². The van der Waals surface area contributed by atoms with Gasteiger partial charge < -0.3 is 15.8 Å². The van der Waals surface area contributed by atoms with Crippen molar-refractivity contribution in [3.8, 4) is 0 Å². The summed E-state index contributed by atoms with van der Waals surface area (Å²) in [6.07, 6.45) is 5.38. The van der Waals surface area contributed by atoms with E-state index in [4.69, 9.17) is 10.5 Å². The van der Waals surface area contributed by atoms with Crippen LogP contribution in [-0.2, 0) is 11.2 Å². The highest BCUT2D eigenvalue weighted by Crippen LogP contribution is 2.11. The van der Waals surface area contributed by atoms with Crippen LogP contribution in [-0.4, -0.2) is 24.8 Å². The molecule has 0 heterocycles. The summed E-state index contributed by atoms with van der Waals surface area (Å²) in [4.78, 5) is 11.5. The average molecular weight is 290 g/mol. The molecular formula is C17H26N2O2. The first-order valence-electron chi connectivity index (χ1n) is 7.34. The van der Waals surface area contributed by atoms with E-state index in [-0.39, 0.29) is 6.09 Å². The molecule has 21 heavy (non-hydrogen) atoms. The molecular weight excluding hydrogens is 264 g/mol. The highest BCUT2D eigenvalue weighted by Gasteiger charge is 2.15. The van der Waals surface area contributed by atoms with E-state index in [1.807, 2.05) is 39.0 Å². The second kappa shape index (κ2) is 8.47. The number of hydrogen-bond acceptors (Lipinski definition) is 3. The molecule has 1 aromatic rings. The number of benzene rings is 1. The zero-order valence-electron chi connectivity index (χ0n) is 13.2. The highest BCUT2D eigenvalue weighted by atomic mass is 16.6. The Kier molecular flexibility index (Phi) is 6.96. The van der Waals surface area contributed by atoms with Crippen molar-refractivity contribution in [2.75, 3.05) is 13.1 Å². The largest absolute Gasteiger partial charge is 0.444 e. The Morgan fingerprint density at radius 3 is 2.71 bits per heavy atom. The molecule has 0 aromatic heterocycles. The van der Waals surface area contributed by atoms with Crippen LogP contribution in [0, 0.1) is 0 Å². The van der Waals surface area contributed by atoms with Gasteiger partial charge in [0.2, 0.25) is 0 Å². The molecule has 0 unspecified atom stereocenters. The Morgan fingerprint density at radius 2 is 2.05 bits per heavy atom. The molecule has 0 saturated carbocycles. The van der Waals surface area contributed by atoms with Gasteiger partial charge in [-0.15, -0.1) is 0 Å². The van der Waals surface area contributed by atoms with E-state index in [1.165, 1.54) is 11.1 Å². The monoisotopic (exact) mass is 290 g/mol. The minimum atomic E-state index is -0.457. The lowest BCUT2D eigenvalue weighted by Gasteiger charge is -2.19. The average Bonchev–Trinajstić information content (AvgIpc) is 2.38. The zero-order valence-corrected chi connectivity index (χ0v) is 13.2. The summed E-state index contributed by atoms with van der Waals surface area (Å²) in [5.41, 5.74) is 7.57. The van der Waals surface area contributed by atoms with Crippen molar-refractivity contribution in [3.63, 3.8) is 0 Å². The van der Waals surface area contributed by atoms with Crippen LogP contribution < -0.4 is 11.1 Å². The number of carbonyl (C=O) groups is 1. The maximum absolute atomic E-state index is 11.5. The van der Waals surface area contributed by atoms with Crippen LogP contribution in [0.5, 0.6) is 0 Å². The van der Waals surface area contributed by atoms with E-state index < -0.39 is 5.60 Å².